The highest BCUT2D eigenvalue weighted by Gasteiger charge is 2.18. The molecule has 0 aliphatic rings. The summed E-state index contributed by atoms with van der Waals surface area (Å²) in [6, 6.07) is 6.93. The van der Waals surface area contributed by atoms with Gasteiger partial charge in [-0.1, -0.05) is 34.7 Å². The number of aryl methyl sites for hydroxylation is 1. The van der Waals surface area contributed by atoms with E-state index >= 15 is 0 Å². The predicted octanol–water partition coefficient (Wildman–Crippen LogP) is 3.86. The normalized spacial score (nSPS) is 12.4. The maximum absolute atomic E-state index is 12.2. The van der Waals surface area contributed by atoms with Gasteiger partial charge in [0, 0.05) is 10.6 Å². The number of carbonyl (C=O) groups is 1. The van der Waals surface area contributed by atoms with E-state index in [1.165, 1.54) is 23.1 Å². The molecule has 1 aromatic heterocycles. The molecule has 1 unspecified atom stereocenters. The minimum absolute atomic E-state index is 0.0736. The number of thioether (sulfide) groups is 1. The fourth-order valence-corrected chi connectivity index (χ4v) is 3.54. The third kappa shape index (κ3) is 3.31. The highest BCUT2D eigenvalue weighted by atomic mass is 35.5. The zero-order chi connectivity index (χ0) is 13.1. The van der Waals surface area contributed by atoms with Crippen LogP contribution in [0.4, 0.5) is 0 Å². The lowest BCUT2D eigenvalue weighted by molar-refractivity contribution is 0.0994. The van der Waals surface area contributed by atoms with Gasteiger partial charge in [0.2, 0.25) is 0 Å². The highest BCUT2D eigenvalue weighted by molar-refractivity contribution is 8.02. The molecular formula is C12H11ClN2OS2. The first-order valence-electron chi connectivity index (χ1n) is 5.33. The van der Waals surface area contributed by atoms with Crippen LogP contribution >= 0.6 is 34.7 Å². The highest BCUT2D eigenvalue weighted by Crippen LogP contribution is 2.28. The van der Waals surface area contributed by atoms with Crippen LogP contribution in [0.1, 0.15) is 22.3 Å². The number of rotatable bonds is 4. The molecule has 0 N–H and O–H groups in total. The smallest absolute Gasteiger partial charge is 0.175 e. The quantitative estimate of drug-likeness (QED) is 0.635. The summed E-state index contributed by atoms with van der Waals surface area (Å²) < 4.78 is 0.822. The average Bonchev–Trinajstić information content (AvgIpc) is 2.75. The van der Waals surface area contributed by atoms with Gasteiger partial charge in [-0.05, 0) is 38.1 Å². The number of ketones is 1. The van der Waals surface area contributed by atoms with Crippen LogP contribution in [-0.4, -0.2) is 21.2 Å². The summed E-state index contributed by atoms with van der Waals surface area (Å²) in [5.41, 5.74) is 0.667. The van der Waals surface area contributed by atoms with E-state index in [0.29, 0.717) is 10.6 Å². The third-order valence-corrected chi connectivity index (χ3v) is 4.56. The summed E-state index contributed by atoms with van der Waals surface area (Å²) in [6.45, 7) is 3.77. The lowest BCUT2D eigenvalue weighted by Crippen LogP contribution is -2.13. The number of halogens is 1. The molecule has 0 spiro atoms. The molecule has 6 heteroatoms. The lowest BCUT2D eigenvalue weighted by atomic mass is 10.1. The zero-order valence-corrected chi connectivity index (χ0v) is 12.3. The Morgan fingerprint density at radius 1 is 1.33 bits per heavy atom. The van der Waals surface area contributed by atoms with Crippen molar-refractivity contribution in [2.75, 3.05) is 0 Å². The second-order valence-corrected chi connectivity index (χ2v) is 6.92. The maximum Gasteiger partial charge on any atom is 0.175 e. The second kappa shape index (κ2) is 5.82. The van der Waals surface area contributed by atoms with Crippen LogP contribution in [0.3, 0.4) is 0 Å². The Balaban J connectivity index is 2.07. The van der Waals surface area contributed by atoms with Gasteiger partial charge in [-0.2, -0.15) is 0 Å². The number of hydrogen-bond donors (Lipinski definition) is 0. The molecule has 0 amide bonds. The zero-order valence-electron chi connectivity index (χ0n) is 9.88. The van der Waals surface area contributed by atoms with Gasteiger partial charge in [-0.15, -0.1) is 10.2 Å². The number of aromatic nitrogens is 2. The fourth-order valence-electron chi connectivity index (χ4n) is 1.38. The van der Waals surface area contributed by atoms with E-state index in [9.17, 15) is 4.79 Å². The SMILES string of the molecule is Cc1nnc(SC(C)C(=O)c2ccc(Cl)cc2)s1. The second-order valence-electron chi connectivity index (χ2n) is 3.72. The van der Waals surface area contributed by atoms with Gasteiger partial charge in [0.1, 0.15) is 5.01 Å². The maximum atomic E-state index is 12.2. The summed E-state index contributed by atoms with van der Waals surface area (Å²) in [4.78, 5) is 12.2. The minimum Gasteiger partial charge on any atom is -0.293 e. The summed E-state index contributed by atoms with van der Waals surface area (Å²) in [7, 11) is 0. The van der Waals surface area contributed by atoms with Gasteiger partial charge in [0.05, 0.1) is 5.25 Å². The van der Waals surface area contributed by atoms with E-state index in [4.69, 9.17) is 11.6 Å². The van der Waals surface area contributed by atoms with E-state index < -0.39 is 0 Å². The Hall–Kier alpha value is -0.910. The molecule has 1 atom stereocenters. The summed E-state index contributed by atoms with van der Waals surface area (Å²) in [5.74, 6) is 0.0736. The van der Waals surface area contributed by atoms with Gasteiger partial charge in [-0.25, -0.2) is 0 Å². The standard InChI is InChI=1S/C12H11ClN2OS2/c1-7(17-12-15-14-8(2)18-12)11(16)9-3-5-10(13)6-4-9/h3-7H,1-2H3. The van der Waals surface area contributed by atoms with E-state index in [-0.39, 0.29) is 11.0 Å². The van der Waals surface area contributed by atoms with Crippen LogP contribution in [0.15, 0.2) is 28.6 Å². The van der Waals surface area contributed by atoms with Gasteiger partial charge in [0.15, 0.2) is 10.1 Å². The number of hydrogen-bond acceptors (Lipinski definition) is 5. The molecule has 0 saturated carbocycles. The molecule has 18 heavy (non-hydrogen) atoms. The Kier molecular flexibility index (Phi) is 4.37. The predicted molar refractivity (Wildman–Crippen MR) is 75.7 cm³/mol. The van der Waals surface area contributed by atoms with Crippen molar-refractivity contribution >= 4 is 40.5 Å². The van der Waals surface area contributed by atoms with Crippen molar-refractivity contribution in [1.29, 1.82) is 0 Å². The monoisotopic (exact) mass is 298 g/mol. The molecule has 1 aromatic carbocycles. The molecule has 2 rings (SSSR count). The van der Waals surface area contributed by atoms with Gasteiger partial charge >= 0.3 is 0 Å². The van der Waals surface area contributed by atoms with Crippen molar-refractivity contribution < 1.29 is 4.79 Å². The van der Waals surface area contributed by atoms with Gasteiger partial charge in [-0.3, -0.25) is 4.79 Å². The molecule has 2 aromatic rings. The molecule has 0 aliphatic heterocycles. The van der Waals surface area contributed by atoms with Crippen molar-refractivity contribution in [3.8, 4) is 0 Å². The third-order valence-electron chi connectivity index (χ3n) is 2.28. The van der Waals surface area contributed by atoms with Crippen molar-refractivity contribution in [3.05, 3.63) is 39.9 Å². The molecule has 0 saturated heterocycles. The first kappa shape index (κ1) is 13.5. The van der Waals surface area contributed by atoms with Gasteiger partial charge < -0.3 is 0 Å². The molecule has 0 aliphatic carbocycles. The fraction of sp³-hybridized carbons (Fsp3) is 0.250. The average molecular weight is 299 g/mol. The number of Topliss-reactive ketones (excluding diaryl/α,β-unsaturated/α-hetero) is 1. The first-order valence-corrected chi connectivity index (χ1v) is 7.40. The molecule has 1 heterocycles. The van der Waals surface area contributed by atoms with Crippen LogP contribution in [0.25, 0.3) is 0 Å². The molecular weight excluding hydrogens is 288 g/mol. The van der Waals surface area contributed by atoms with Crippen LogP contribution in [0.5, 0.6) is 0 Å². The van der Waals surface area contributed by atoms with Crippen molar-refractivity contribution in [1.82, 2.24) is 10.2 Å². The molecule has 3 nitrogen and oxygen atoms in total. The van der Waals surface area contributed by atoms with Crippen molar-refractivity contribution in [2.24, 2.45) is 0 Å². The number of benzene rings is 1. The minimum atomic E-state index is -0.182. The Morgan fingerprint density at radius 3 is 2.56 bits per heavy atom. The Bertz CT molecular complexity index is 553. The largest absolute Gasteiger partial charge is 0.293 e. The first-order chi connectivity index (χ1) is 8.56. The Morgan fingerprint density at radius 2 is 2.00 bits per heavy atom. The topological polar surface area (TPSA) is 42.9 Å². The summed E-state index contributed by atoms with van der Waals surface area (Å²) >= 11 is 8.73. The molecule has 0 bridgehead atoms. The number of carbonyl (C=O) groups excluding carboxylic acids is 1. The molecule has 94 valence electrons. The van der Waals surface area contributed by atoms with E-state index in [0.717, 1.165) is 9.35 Å². The molecule has 0 radical (unpaired) electrons. The van der Waals surface area contributed by atoms with Crippen LogP contribution in [0, 0.1) is 6.92 Å². The van der Waals surface area contributed by atoms with E-state index in [1.807, 2.05) is 13.8 Å². The van der Waals surface area contributed by atoms with E-state index in [1.54, 1.807) is 24.3 Å². The van der Waals surface area contributed by atoms with Crippen LogP contribution in [-0.2, 0) is 0 Å². The van der Waals surface area contributed by atoms with Crippen LogP contribution in [0.2, 0.25) is 5.02 Å². The summed E-state index contributed by atoms with van der Waals surface area (Å²) in [5, 5.41) is 9.29. The van der Waals surface area contributed by atoms with Gasteiger partial charge in [0.25, 0.3) is 0 Å². The van der Waals surface area contributed by atoms with Crippen molar-refractivity contribution in [2.45, 2.75) is 23.4 Å². The number of nitrogens with zero attached hydrogens (tertiary/aromatic N) is 2. The summed E-state index contributed by atoms with van der Waals surface area (Å²) in [6.07, 6.45) is 0. The van der Waals surface area contributed by atoms with Crippen LogP contribution < -0.4 is 0 Å². The Labute approximate surface area is 119 Å². The molecule has 0 fully saturated rings. The van der Waals surface area contributed by atoms with Crippen molar-refractivity contribution in [3.63, 3.8) is 0 Å². The lowest BCUT2D eigenvalue weighted by Gasteiger charge is -2.07. The van der Waals surface area contributed by atoms with E-state index in [2.05, 4.69) is 10.2 Å².